The molecule has 0 saturated carbocycles. The van der Waals surface area contributed by atoms with Crippen LogP contribution < -0.4 is 0 Å². The minimum absolute atomic E-state index is 0. The van der Waals surface area contributed by atoms with Crippen LogP contribution in [-0.2, 0) is 4.79 Å². The maximum absolute atomic E-state index is 8.36. The SMILES string of the molecule is Br.O=CO.[NaH].[NaH]. The van der Waals surface area contributed by atoms with Crippen molar-refractivity contribution in [3.63, 3.8) is 0 Å². The van der Waals surface area contributed by atoms with Crippen molar-refractivity contribution in [2.24, 2.45) is 0 Å². The van der Waals surface area contributed by atoms with Crippen LogP contribution in [0.3, 0.4) is 0 Å². The molecule has 0 aromatic rings. The second-order valence-electron chi connectivity index (χ2n) is 0.105. The predicted molar refractivity (Wildman–Crippen MR) is 33.3 cm³/mol. The van der Waals surface area contributed by atoms with Crippen LogP contribution in [0.5, 0.6) is 0 Å². The van der Waals surface area contributed by atoms with Crippen molar-refractivity contribution in [3.05, 3.63) is 0 Å². The van der Waals surface area contributed by atoms with Gasteiger partial charge in [-0.15, -0.1) is 17.0 Å². The number of hydrogen-bond acceptors (Lipinski definition) is 1. The monoisotopic (exact) mass is 174 g/mol. The topological polar surface area (TPSA) is 37.3 Å². The van der Waals surface area contributed by atoms with Gasteiger partial charge in [-0.2, -0.15) is 0 Å². The Labute approximate surface area is 91.0 Å². The van der Waals surface area contributed by atoms with Crippen molar-refractivity contribution in [1.82, 2.24) is 0 Å². The zero-order chi connectivity index (χ0) is 2.71. The first-order valence-corrected chi connectivity index (χ1v) is 0.494. The van der Waals surface area contributed by atoms with Gasteiger partial charge in [0.2, 0.25) is 0 Å². The Hall–Kier alpha value is 1.95. The van der Waals surface area contributed by atoms with Gasteiger partial charge in [-0.05, 0) is 0 Å². The van der Waals surface area contributed by atoms with Gasteiger partial charge in [0, 0.05) is 0 Å². The summed E-state index contributed by atoms with van der Waals surface area (Å²) >= 11 is 0. The summed E-state index contributed by atoms with van der Waals surface area (Å²) in [6.45, 7) is -0.250. The van der Waals surface area contributed by atoms with Crippen LogP contribution in [0.2, 0.25) is 0 Å². The molecule has 30 valence electrons. The zero-order valence-electron chi connectivity index (χ0n) is 1.84. The Morgan fingerprint density at radius 3 is 1.33 bits per heavy atom. The summed E-state index contributed by atoms with van der Waals surface area (Å²) in [5.41, 5.74) is 0. The van der Waals surface area contributed by atoms with Gasteiger partial charge in [-0.3, -0.25) is 4.79 Å². The van der Waals surface area contributed by atoms with Crippen LogP contribution in [0.15, 0.2) is 0 Å². The summed E-state index contributed by atoms with van der Waals surface area (Å²) in [5, 5.41) is 6.89. The van der Waals surface area contributed by atoms with E-state index in [1.165, 1.54) is 0 Å². The van der Waals surface area contributed by atoms with Gasteiger partial charge in [-0.1, -0.05) is 0 Å². The molecule has 0 fully saturated rings. The second-order valence-corrected chi connectivity index (χ2v) is 0.105. The van der Waals surface area contributed by atoms with Crippen LogP contribution in [0.1, 0.15) is 0 Å². The molecule has 0 aliphatic carbocycles. The van der Waals surface area contributed by atoms with Crippen LogP contribution in [0.25, 0.3) is 0 Å². The third kappa shape index (κ3) is 38.3. The molecule has 0 spiro atoms. The Bertz CT molecular complexity index is 19.0. The first-order valence-electron chi connectivity index (χ1n) is 0.494. The fourth-order valence-corrected chi connectivity index (χ4v) is 0. The Morgan fingerprint density at radius 1 is 1.33 bits per heavy atom. The van der Waals surface area contributed by atoms with Gasteiger partial charge < -0.3 is 5.11 Å². The fourth-order valence-electron chi connectivity index (χ4n) is 0. The number of carboxylic acid groups (broad SMARTS) is 1. The third-order valence-corrected chi connectivity index (χ3v) is 0. The molecule has 0 atom stereocenters. The molecular formula is CH5BrNa2O2. The summed E-state index contributed by atoms with van der Waals surface area (Å²) < 4.78 is 0. The van der Waals surface area contributed by atoms with E-state index in [0.717, 1.165) is 0 Å². The number of carbonyl (C=O) groups is 1. The first-order chi connectivity index (χ1) is 1.41. The van der Waals surface area contributed by atoms with Crippen molar-refractivity contribution in [2.75, 3.05) is 0 Å². The Kier molecular flexibility index (Phi) is 116. The fraction of sp³-hybridized carbons (Fsp3) is 0. The average molecular weight is 175 g/mol. The molecule has 0 aliphatic heterocycles. The molecule has 0 aliphatic rings. The summed E-state index contributed by atoms with van der Waals surface area (Å²) in [5.74, 6) is 0. The van der Waals surface area contributed by atoms with Gasteiger partial charge in [-0.25, -0.2) is 0 Å². The molecule has 0 aromatic carbocycles. The molecule has 2 nitrogen and oxygen atoms in total. The Balaban J connectivity index is -0.00000000667. The van der Waals surface area contributed by atoms with Crippen LogP contribution in [0, 0.1) is 0 Å². The molecule has 0 radical (unpaired) electrons. The van der Waals surface area contributed by atoms with Gasteiger partial charge >= 0.3 is 59.1 Å². The zero-order valence-corrected chi connectivity index (χ0v) is 3.55. The van der Waals surface area contributed by atoms with E-state index in [1.54, 1.807) is 0 Å². The van der Waals surface area contributed by atoms with E-state index in [9.17, 15) is 0 Å². The van der Waals surface area contributed by atoms with E-state index in [4.69, 9.17) is 9.90 Å². The summed E-state index contributed by atoms with van der Waals surface area (Å²) in [6, 6.07) is 0. The van der Waals surface area contributed by atoms with E-state index in [2.05, 4.69) is 0 Å². The molecule has 0 bridgehead atoms. The molecular weight excluding hydrogens is 170 g/mol. The van der Waals surface area contributed by atoms with E-state index < -0.39 is 0 Å². The van der Waals surface area contributed by atoms with E-state index in [0.29, 0.717) is 0 Å². The van der Waals surface area contributed by atoms with E-state index in [1.807, 2.05) is 0 Å². The minimum atomic E-state index is -0.250. The van der Waals surface area contributed by atoms with Gasteiger partial charge in [0.25, 0.3) is 6.47 Å². The Morgan fingerprint density at radius 2 is 1.33 bits per heavy atom. The normalized spacial score (nSPS) is 2.00. The molecule has 0 unspecified atom stereocenters. The van der Waals surface area contributed by atoms with Crippen molar-refractivity contribution < 1.29 is 9.90 Å². The molecule has 0 amide bonds. The molecule has 0 aromatic heterocycles. The number of hydrogen-bond donors (Lipinski definition) is 1. The summed E-state index contributed by atoms with van der Waals surface area (Å²) in [7, 11) is 0. The van der Waals surface area contributed by atoms with Crippen molar-refractivity contribution in [2.45, 2.75) is 0 Å². The maximum atomic E-state index is 8.36. The summed E-state index contributed by atoms with van der Waals surface area (Å²) in [6.07, 6.45) is 0. The quantitative estimate of drug-likeness (QED) is 0.378. The van der Waals surface area contributed by atoms with Crippen LogP contribution >= 0.6 is 17.0 Å². The molecule has 0 heterocycles. The average Bonchev–Trinajstić information content (AvgIpc) is 0.918. The van der Waals surface area contributed by atoms with E-state index in [-0.39, 0.29) is 82.6 Å². The molecule has 0 rings (SSSR count). The molecule has 1 N–H and O–H groups in total. The van der Waals surface area contributed by atoms with Crippen molar-refractivity contribution in [3.8, 4) is 0 Å². The standard InChI is InChI=1S/CH2O2.BrH.2Na.2H/c2-1-3;;;;;/h1H,(H,2,3);1H;;;;. The van der Waals surface area contributed by atoms with Gasteiger partial charge in [0.05, 0.1) is 0 Å². The van der Waals surface area contributed by atoms with Crippen LogP contribution in [0.4, 0.5) is 0 Å². The molecule has 0 saturated heterocycles. The van der Waals surface area contributed by atoms with Crippen molar-refractivity contribution >= 4 is 82.6 Å². The summed E-state index contributed by atoms with van der Waals surface area (Å²) in [4.78, 5) is 8.36. The second kappa shape index (κ2) is 28.3. The first kappa shape index (κ1) is 24.6. The number of rotatable bonds is 0. The number of halogens is 1. The van der Waals surface area contributed by atoms with Crippen molar-refractivity contribution in [1.29, 1.82) is 0 Å². The van der Waals surface area contributed by atoms with Gasteiger partial charge in [0.15, 0.2) is 0 Å². The van der Waals surface area contributed by atoms with E-state index >= 15 is 0 Å². The molecule has 6 heavy (non-hydrogen) atoms. The third-order valence-electron chi connectivity index (χ3n) is 0. The molecule has 5 heteroatoms. The van der Waals surface area contributed by atoms with Crippen LogP contribution in [-0.4, -0.2) is 70.7 Å². The van der Waals surface area contributed by atoms with Gasteiger partial charge in [0.1, 0.15) is 0 Å². The predicted octanol–water partition coefficient (Wildman–Crippen LogP) is -1.02.